The third kappa shape index (κ3) is 2.95. The first-order chi connectivity index (χ1) is 10.6. The maximum Gasteiger partial charge on any atom is 0.257 e. The van der Waals surface area contributed by atoms with Crippen molar-refractivity contribution in [2.24, 2.45) is 0 Å². The molecular formula is C16H20N4O2. The van der Waals surface area contributed by atoms with Gasteiger partial charge in [0.2, 0.25) is 0 Å². The molecule has 2 aromatic heterocycles. The van der Waals surface area contributed by atoms with Crippen LogP contribution in [0.2, 0.25) is 0 Å². The van der Waals surface area contributed by atoms with Crippen LogP contribution in [0, 0.1) is 13.8 Å². The summed E-state index contributed by atoms with van der Waals surface area (Å²) in [5, 5.41) is 8.34. The smallest absolute Gasteiger partial charge is 0.257 e. The fourth-order valence-electron chi connectivity index (χ4n) is 2.69. The molecule has 0 radical (unpaired) electrons. The van der Waals surface area contributed by atoms with E-state index in [1.54, 1.807) is 12.3 Å². The molecule has 0 unspecified atom stereocenters. The van der Waals surface area contributed by atoms with Crippen LogP contribution < -0.4 is 4.90 Å². The van der Waals surface area contributed by atoms with Crippen molar-refractivity contribution in [1.82, 2.24) is 15.1 Å². The Balaban J connectivity index is 1.68. The SMILES string of the molecule is Cc1ccc(N2CCCN(C(=O)c3ccoc3C)CC2)nn1. The maximum absolute atomic E-state index is 12.5. The number of carbonyl (C=O) groups is 1. The molecule has 1 amide bonds. The first-order valence-electron chi connectivity index (χ1n) is 7.54. The molecule has 2 aromatic rings. The van der Waals surface area contributed by atoms with E-state index in [1.807, 2.05) is 30.9 Å². The van der Waals surface area contributed by atoms with Crippen molar-refractivity contribution >= 4 is 11.7 Å². The van der Waals surface area contributed by atoms with Gasteiger partial charge in [0.1, 0.15) is 5.76 Å². The largest absolute Gasteiger partial charge is 0.469 e. The predicted octanol–water partition coefficient (Wildman–Crippen LogP) is 2.04. The van der Waals surface area contributed by atoms with Crippen LogP contribution in [0.3, 0.4) is 0 Å². The van der Waals surface area contributed by atoms with Crippen LogP contribution >= 0.6 is 0 Å². The average Bonchev–Trinajstić information content (AvgIpc) is 2.80. The lowest BCUT2D eigenvalue weighted by Crippen LogP contribution is -2.35. The van der Waals surface area contributed by atoms with Crippen LogP contribution in [0.5, 0.6) is 0 Å². The van der Waals surface area contributed by atoms with Crippen molar-refractivity contribution in [3.05, 3.63) is 41.5 Å². The van der Waals surface area contributed by atoms with E-state index in [2.05, 4.69) is 15.1 Å². The maximum atomic E-state index is 12.5. The number of aromatic nitrogens is 2. The molecular weight excluding hydrogens is 280 g/mol. The zero-order valence-corrected chi connectivity index (χ0v) is 13.0. The Labute approximate surface area is 129 Å². The fourth-order valence-corrected chi connectivity index (χ4v) is 2.69. The highest BCUT2D eigenvalue weighted by Gasteiger charge is 2.23. The summed E-state index contributed by atoms with van der Waals surface area (Å²) in [6, 6.07) is 5.69. The summed E-state index contributed by atoms with van der Waals surface area (Å²) >= 11 is 0. The molecule has 1 aliphatic heterocycles. The van der Waals surface area contributed by atoms with Gasteiger partial charge in [0.05, 0.1) is 17.5 Å². The monoisotopic (exact) mass is 300 g/mol. The number of anilines is 1. The van der Waals surface area contributed by atoms with Crippen LogP contribution in [0.4, 0.5) is 5.82 Å². The van der Waals surface area contributed by atoms with Gasteiger partial charge < -0.3 is 14.2 Å². The normalized spacial score (nSPS) is 15.7. The van der Waals surface area contributed by atoms with Crippen molar-refractivity contribution in [3.63, 3.8) is 0 Å². The molecule has 0 bridgehead atoms. The molecule has 1 fully saturated rings. The van der Waals surface area contributed by atoms with Crippen molar-refractivity contribution in [3.8, 4) is 0 Å². The summed E-state index contributed by atoms with van der Waals surface area (Å²) < 4.78 is 5.23. The van der Waals surface area contributed by atoms with Crippen LogP contribution in [0.25, 0.3) is 0 Å². The number of nitrogens with zero attached hydrogens (tertiary/aromatic N) is 4. The molecule has 0 aromatic carbocycles. The van der Waals surface area contributed by atoms with E-state index in [-0.39, 0.29) is 5.91 Å². The highest BCUT2D eigenvalue weighted by Crippen LogP contribution is 2.16. The standard InChI is InChI=1S/C16H20N4O2/c1-12-4-5-15(18-17-12)19-7-3-8-20(10-9-19)16(21)14-6-11-22-13(14)2/h4-6,11H,3,7-10H2,1-2H3. The van der Waals surface area contributed by atoms with Gasteiger partial charge in [-0.15, -0.1) is 5.10 Å². The Morgan fingerprint density at radius 2 is 1.95 bits per heavy atom. The topological polar surface area (TPSA) is 62.5 Å². The number of rotatable bonds is 2. The summed E-state index contributed by atoms with van der Waals surface area (Å²) in [7, 11) is 0. The van der Waals surface area contributed by atoms with E-state index in [0.717, 1.165) is 37.6 Å². The highest BCUT2D eigenvalue weighted by atomic mass is 16.3. The van der Waals surface area contributed by atoms with E-state index in [4.69, 9.17) is 4.42 Å². The Bertz CT molecular complexity index is 650. The summed E-state index contributed by atoms with van der Waals surface area (Å²) in [6.07, 6.45) is 2.48. The zero-order chi connectivity index (χ0) is 15.5. The molecule has 3 rings (SSSR count). The van der Waals surface area contributed by atoms with Gasteiger partial charge in [0.25, 0.3) is 5.91 Å². The van der Waals surface area contributed by atoms with Crippen molar-refractivity contribution in [2.75, 3.05) is 31.1 Å². The van der Waals surface area contributed by atoms with Gasteiger partial charge in [-0.1, -0.05) is 0 Å². The third-order valence-electron chi connectivity index (χ3n) is 3.98. The molecule has 0 aliphatic carbocycles. The van der Waals surface area contributed by atoms with Gasteiger partial charge >= 0.3 is 0 Å². The summed E-state index contributed by atoms with van der Waals surface area (Å²) in [4.78, 5) is 16.6. The average molecular weight is 300 g/mol. The zero-order valence-electron chi connectivity index (χ0n) is 13.0. The van der Waals surface area contributed by atoms with Crippen molar-refractivity contribution < 1.29 is 9.21 Å². The molecule has 6 nitrogen and oxygen atoms in total. The lowest BCUT2D eigenvalue weighted by molar-refractivity contribution is 0.0765. The lowest BCUT2D eigenvalue weighted by Gasteiger charge is -2.22. The Morgan fingerprint density at radius 1 is 1.09 bits per heavy atom. The van der Waals surface area contributed by atoms with E-state index < -0.39 is 0 Å². The van der Waals surface area contributed by atoms with Gasteiger partial charge in [-0.05, 0) is 38.5 Å². The lowest BCUT2D eigenvalue weighted by atomic mass is 10.2. The Kier molecular flexibility index (Phi) is 4.09. The molecule has 0 atom stereocenters. The van der Waals surface area contributed by atoms with E-state index in [9.17, 15) is 4.79 Å². The van der Waals surface area contributed by atoms with Gasteiger partial charge in [-0.3, -0.25) is 4.79 Å². The van der Waals surface area contributed by atoms with Crippen molar-refractivity contribution in [1.29, 1.82) is 0 Å². The Morgan fingerprint density at radius 3 is 2.64 bits per heavy atom. The second kappa shape index (κ2) is 6.17. The fraction of sp³-hybridized carbons (Fsp3) is 0.438. The van der Waals surface area contributed by atoms with Crippen LogP contribution in [0.15, 0.2) is 28.9 Å². The second-order valence-electron chi connectivity index (χ2n) is 5.56. The minimum Gasteiger partial charge on any atom is -0.469 e. The van der Waals surface area contributed by atoms with E-state index >= 15 is 0 Å². The summed E-state index contributed by atoms with van der Waals surface area (Å²) in [5.74, 6) is 1.60. The van der Waals surface area contributed by atoms with E-state index in [1.165, 1.54) is 0 Å². The molecule has 6 heteroatoms. The van der Waals surface area contributed by atoms with Crippen molar-refractivity contribution in [2.45, 2.75) is 20.3 Å². The number of hydrogen-bond donors (Lipinski definition) is 0. The predicted molar refractivity (Wildman–Crippen MR) is 82.9 cm³/mol. The molecule has 22 heavy (non-hydrogen) atoms. The van der Waals surface area contributed by atoms with Gasteiger partial charge in [-0.2, -0.15) is 5.10 Å². The highest BCUT2D eigenvalue weighted by molar-refractivity contribution is 5.95. The molecule has 0 spiro atoms. The quantitative estimate of drug-likeness (QED) is 0.849. The van der Waals surface area contributed by atoms with Gasteiger partial charge in [-0.25, -0.2) is 0 Å². The minimum absolute atomic E-state index is 0.0445. The number of hydrogen-bond acceptors (Lipinski definition) is 5. The second-order valence-corrected chi connectivity index (χ2v) is 5.56. The van der Waals surface area contributed by atoms with Crippen LogP contribution in [-0.4, -0.2) is 47.2 Å². The molecule has 0 saturated carbocycles. The number of furan rings is 1. The number of amides is 1. The molecule has 0 N–H and O–H groups in total. The molecule has 1 aliphatic rings. The summed E-state index contributed by atoms with van der Waals surface area (Å²) in [6.45, 7) is 6.82. The van der Waals surface area contributed by atoms with Gasteiger partial charge in [0.15, 0.2) is 5.82 Å². The van der Waals surface area contributed by atoms with E-state index in [0.29, 0.717) is 17.9 Å². The van der Waals surface area contributed by atoms with Crippen LogP contribution in [-0.2, 0) is 0 Å². The van der Waals surface area contributed by atoms with Crippen LogP contribution in [0.1, 0.15) is 28.2 Å². The molecule has 116 valence electrons. The summed E-state index contributed by atoms with van der Waals surface area (Å²) in [5.41, 5.74) is 1.56. The number of carbonyl (C=O) groups excluding carboxylic acids is 1. The molecule has 1 saturated heterocycles. The Hall–Kier alpha value is -2.37. The first-order valence-corrected chi connectivity index (χ1v) is 7.54. The minimum atomic E-state index is 0.0445. The first kappa shape index (κ1) is 14.6. The number of aryl methyl sites for hydroxylation is 2. The third-order valence-corrected chi connectivity index (χ3v) is 3.98. The molecule has 3 heterocycles. The van der Waals surface area contributed by atoms with Gasteiger partial charge in [0, 0.05) is 26.2 Å².